The van der Waals surface area contributed by atoms with Crippen molar-refractivity contribution in [3.05, 3.63) is 23.1 Å². The molecule has 0 bridgehead atoms. The van der Waals surface area contributed by atoms with Gasteiger partial charge >= 0.3 is 0 Å². The van der Waals surface area contributed by atoms with E-state index < -0.39 is 0 Å². The third kappa shape index (κ3) is 1.94. The number of hydrogen-bond donors (Lipinski definition) is 1. The number of carbonyl (C=O) groups excluding carboxylic acids is 1. The van der Waals surface area contributed by atoms with Gasteiger partial charge in [0.05, 0.1) is 12.8 Å². The Labute approximate surface area is 116 Å². The maximum Gasteiger partial charge on any atom is 0.263 e. The van der Waals surface area contributed by atoms with Crippen molar-refractivity contribution in [2.75, 3.05) is 31.6 Å². The lowest BCUT2D eigenvalue weighted by Gasteiger charge is -2.20. The van der Waals surface area contributed by atoms with E-state index in [-0.39, 0.29) is 5.91 Å². The molecule has 1 aliphatic rings. The first-order valence-corrected chi connectivity index (χ1v) is 7.20. The number of nitrogens with zero attached hydrogens (tertiary/aromatic N) is 1. The van der Waals surface area contributed by atoms with Gasteiger partial charge in [-0.05, 0) is 25.1 Å². The molecule has 5 heteroatoms. The average Bonchev–Trinajstić information content (AvgIpc) is 2.74. The number of ether oxygens (including phenoxy) is 1. The van der Waals surface area contributed by atoms with Gasteiger partial charge in [0, 0.05) is 29.7 Å². The maximum absolute atomic E-state index is 12.1. The number of anilines is 1. The zero-order valence-electron chi connectivity index (χ0n) is 11.0. The standard InChI is InChI=1S/C14H16N2O2S/c1-3-16-7-6-15-14(17)13-12(16)10-8-9(18-2)4-5-11(10)19-13/h4-5,8H,3,6-7H2,1-2H3,(H,15,17). The second-order valence-electron chi connectivity index (χ2n) is 4.48. The number of nitrogens with one attached hydrogen (secondary N) is 1. The third-order valence-electron chi connectivity index (χ3n) is 3.44. The minimum Gasteiger partial charge on any atom is -0.497 e. The van der Waals surface area contributed by atoms with Crippen molar-refractivity contribution in [3.8, 4) is 5.75 Å². The van der Waals surface area contributed by atoms with Crippen molar-refractivity contribution in [2.24, 2.45) is 0 Å². The number of hydrogen-bond acceptors (Lipinski definition) is 4. The van der Waals surface area contributed by atoms with Crippen LogP contribution >= 0.6 is 11.3 Å². The highest BCUT2D eigenvalue weighted by atomic mass is 32.1. The van der Waals surface area contributed by atoms with Crippen LogP contribution in [0.25, 0.3) is 10.1 Å². The van der Waals surface area contributed by atoms with Gasteiger partial charge in [0.2, 0.25) is 0 Å². The zero-order chi connectivity index (χ0) is 13.4. The minimum atomic E-state index is 0.0334. The molecule has 3 rings (SSSR count). The summed E-state index contributed by atoms with van der Waals surface area (Å²) < 4.78 is 6.42. The van der Waals surface area contributed by atoms with Crippen molar-refractivity contribution in [1.29, 1.82) is 0 Å². The van der Waals surface area contributed by atoms with E-state index in [0.29, 0.717) is 6.54 Å². The van der Waals surface area contributed by atoms with Crippen molar-refractivity contribution in [2.45, 2.75) is 6.92 Å². The number of benzene rings is 1. The summed E-state index contributed by atoms with van der Waals surface area (Å²) in [6.07, 6.45) is 0. The Hall–Kier alpha value is -1.75. The molecular formula is C14H16N2O2S. The van der Waals surface area contributed by atoms with Crippen LogP contribution in [0.5, 0.6) is 5.75 Å². The first-order chi connectivity index (χ1) is 9.24. The predicted molar refractivity (Wildman–Crippen MR) is 78.6 cm³/mol. The van der Waals surface area contributed by atoms with Crippen molar-refractivity contribution < 1.29 is 9.53 Å². The van der Waals surface area contributed by atoms with E-state index in [0.717, 1.165) is 39.5 Å². The number of fused-ring (bicyclic) bond motifs is 3. The van der Waals surface area contributed by atoms with Gasteiger partial charge < -0.3 is 15.0 Å². The molecule has 1 aromatic carbocycles. The van der Waals surface area contributed by atoms with Crippen LogP contribution in [0.3, 0.4) is 0 Å². The molecule has 0 aliphatic carbocycles. The van der Waals surface area contributed by atoms with Crippen molar-refractivity contribution in [3.63, 3.8) is 0 Å². The summed E-state index contributed by atoms with van der Waals surface area (Å²) in [6, 6.07) is 5.98. The molecule has 1 aliphatic heterocycles. The molecule has 19 heavy (non-hydrogen) atoms. The number of likely N-dealkylation sites (N-methyl/N-ethyl adjacent to an activating group) is 1. The second kappa shape index (κ2) is 4.74. The molecule has 0 unspecified atom stereocenters. The van der Waals surface area contributed by atoms with Crippen LogP contribution in [0.15, 0.2) is 18.2 Å². The second-order valence-corrected chi connectivity index (χ2v) is 5.53. The Morgan fingerprint density at radius 3 is 3.05 bits per heavy atom. The number of carbonyl (C=O) groups is 1. The minimum absolute atomic E-state index is 0.0334. The SMILES string of the molecule is CCN1CCNC(=O)c2sc3ccc(OC)cc3c21. The van der Waals surface area contributed by atoms with Gasteiger partial charge in [0.15, 0.2) is 0 Å². The van der Waals surface area contributed by atoms with E-state index in [2.05, 4.69) is 17.1 Å². The quantitative estimate of drug-likeness (QED) is 0.916. The summed E-state index contributed by atoms with van der Waals surface area (Å²) in [5.74, 6) is 0.861. The van der Waals surface area contributed by atoms with Crippen LogP contribution in [0, 0.1) is 0 Å². The number of thiophene rings is 1. The molecule has 2 aromatic rings. The molecule has 0 saturated carbocycles. The molecule has 1 N–H and O–H groups in total. The Balaban J connectivity index is 2.27. The fraction of sp³-hybridized carbons (Fsp3) is 0.357. The maximum atomic E-state index is 12.1. The van der Waals surface area contributed by atoms with E-state index in [4.69, 9.17) is 4.74 Å². The highest BCUT2D eigenvalue weighted by molar-refractivity contribution is 7.21. The molecule has 0 radical (unpaired) electrons. The van der Waals surface area contributed by atoms with Crippen LogP contribution in [0.1, 0.15) is 16.6 Å². The van der Waals surface area contributed by atoms with Crippen LogP contribution in [0.4, 0.5) is 5.69 Å². The average molecular weight is 276 g/mol. The molecule has 1 amide bonds. The molecule has 4 nitrogen and oxygen atoms in total. The highest BCUT2D eigenvalue weighted by Crippen LogP contribution is 2.40. The largest absolute Gasteiger partial charge is 0.497 e. The monoisotopic (exact) mass is 276 g/mol. The highest BCUT2D eigenvalue weighted by Gasteiger charge is 2.25. The normalized spacial score (nSPS) is 15.1. The summed E-state index contributed by atoms with van der Waals surface area (Å²) in [4.78, 5) is 15.2. The fourth-order valence-corrected chi connectivity index (χ4v) is 3.59. The molecule has 0 saturated heterocycles. The van der Waals surface area contributed by atoms with Crippen LogP contribution < -0.4 is 15.0 Å². The lowest BCUT2D eigenvalue weighted by molar-refractivity contribution is 0.0962. The molecule has 2 heterocycles. The Morgan fingerprint density at radius 1 is 1.47 bits per heavy atom. The fourth-order valence-electron chi connectivity index (χ4n) is 2.47. The zero-order valence-corrected chi connectivity index (χ0v) is 11.8. The van der Waals surface area contributed by atoms with E-state index in [1.54, 1.807) is 18.4 Å². The van der Waals surface area contributed by atoms with Crippen LogP contribution in [-0.2, 0) is 0 Å². The summed E-state index contributed by atoms with van der Waals surface area (Å²) in [7, 11) is 1.66. The first kappa shape index (κ1) is 12.3. The van der Waals surface area contributed by atoms with Crippen LogP contribution in [-0.4, -0.2) is 32.7 Å². The van der Waals surface area contributed by atoms with Crippen LogP contribution in [0.2, 0.25) is 0 Å². The van der Waals surface area contributed by atoms with E-state index in [1.165, 1.54) is 0 Å². The van der Waals surface area contributed by atoms with E-state index in [9.17, 15) is 4.79 Å². The molecule has 0 fully saturated rings. The third-order valence-corrected chi connectivity index (χ3v) is 4.60. The summed E-state index contributed by atoms with van der Waals surface area (Å²) in [5.41, 5.74) is 1.05. The van der Waals surface area contributed by atoms with E-state index in [1.807, 2.05) is 18.2 Å². The van der Waals surface area contributed by atoms with Gasteiger partial charge in [0.1, 0.15) is 10.6 Å². The van der Waals surface area contributed by atoms with Gasteiger partial charge in [-0.1, -0.05) is 0 Å². The molecule has 0 spiro atoms. The van der Waals surface area contributed by atoms with Gasteiger partial charge in [-0.3, -0.25) is 4.79 Å². The Morgan fingerprint density at radius 2 is 2.32 bits per heavy atom. The Kier molecular flexibility index (Phi) is 3.06. The summed E-state index contributed by atoms with van der Waals surface area (Å²) >= 11 is 1.55. The summed E-state index contributed by atoms with van der Waals surface area (Å²) in [5, 5.41) is 4.06. The lowest BCUT2D eigenvalue weighted by Crippen LogP contribution is -2.29. The number of rotatable bonds is 2. The predicted octanol–water partition coefficient (Wildman–Crippen LogP) is 2.48. The topological polar surface area (TPSA) is 41.6 Å². The smallest absolute Gasteiger partial charge is 0.263 e. The molecule has 1 aromatic heterocycles. The molecule has 100 valence electrons. The van der Waals surface area contributed by atoms with Gasteiger partial charge in [-0.2, -0.15) is 0 Å². The van der Waals surface area contributed by atoms with Crippen molar-refractivity contribution >= 4 is 33.0 Å². The number of methoxy groups -OCH3 is 1. The lowest BCUT2D eigenvalue weighted by atomic mass is 10.2. The van der Waals surface area contributed by atoms with Gasteiger partial charge in [-0.15, -0.1) is 11.3 Å². The first-order valence-electron chi connectivity index (χ1n) is 6.38. The molecule has 0 atom stereocenters. The summed E-state index contributed by atoms with van der Waals surface area (Å²) in [6.45, 7) is 4.55. The Bertz CT molecular complexity index is 636. The molecular weight excluding hydrogens is 260 g/mol. The number of amides is 1. The van der Waals surface area contributed by atoms with Gasteiger partial charge in [0.25, 0.3) is 5.91 Å². The van der Waals surface area contributed by atoms with Crippen molar-refractivity contribution in [1.82, 2.24) is 5.32 Å². The van der Waals surface area contributed by atoms with Gasteiger partial charge in [-0.25, -0.2) is 0 Å². The van der Waals surface area contributed by atoms with E-state index >= 15 is 0 Å².